The number of carbonyl (C=O) groups excluding carboxylic acids is 2. The van der Waals surface area contributed by atoms with Crippen LogP contribution in [0.1, 0.15) is 37.7 Å². The van der Waals surface area contributed by atoms with Crippen LogP contribution in [0.2, 0.25) is 0 Å². The third kappa shape index (κ3) is 3.76. The quantitative estimate of drug-likeness (QED) is 0.525. The molecule has 146 valence electrons. The van der Waals surface area contributed by atoms with Crippen molar-refractivity contribution < 1.29 is 14.3 Å². The molecule has 29 heavy (non-hydrogen) atoms. The lowest BCUT2D eigenvalue weighted by Crippen LogP contribution is -2.11. The van der Waals surface area contributed by atoms with Gasteiger partial charge in [0.25, 0.3) is 0 Å². The van der Waals surface area contributed by atoms with Gasteiger partial charge in [-0.2, -0.15) is 0 Å². The summed E-state index contributed by atoms with van der Waals surface area (Å²) in [5, 5.41) is 0. The lowest BCUT2D eigenvalue weighted by Gasteiger charge is -2.10. The molecule has 2 aromatic carbocycles. The number of ether oxygens (including phenoxy) is 1. The Bertz CT molecular complexity index is 1120. The van der Waals surface area contributed by atoms with E-state index in [0.29, 0.717) is 23.4 Å². The van der Waals surface area contributed by atoms with Crippen molar-refractivity contribution in [1.82, 2.24) is 4.57 Å². The molecule has 0 unspecified atom stereocenters. The van der Waals surface area contributed by atoms with Gasteiger partial charge in [0.1, 0.15) is 0 Å². The molecule has 3 rings (SSSR count). The van der Waals surface area contributed by atoms with Crippen LogP contribution in [-0.4, -0.2) is 23.6 Å². The lowest BCUT2D eigenvalue weighted by molar-refractivity contribution is 0.0600. The number of benzene rings is 2. The van der Waals surface area contributed by atoms with E-state index in [2.05, 4.69) is 4.85 Å². The van der Waals surface area contributed by atoms with Gasteiger partial charge in [0.05, 0.1) is 19.2 Å². The van der Waals surface area contributed by atoms with Gasteiger partial charge in [0, 0.05) is 29.1 Å². The van der Waals surface area contributed by atoms with Crippen LogP contribution in [0.3, 0.4) is 0 Å². The fourth-order valence-corrected chi connectivity index (χ4v) is 3.49. The van der Waals surface area contributed by atoms with Crippen molar-refractivity contribution in [1.29, 1.82) is 0 Å². The van der Waals surface area contributed by atoms with Crippen LogP contribution in [-0.2, 0) is 11.3 Å². The molecule has 0 bridgehead atoms. The number of methoxy groups -OCH3 is 1. The summed E-state index contributed by atoms with van der Waals surface area (Å²) in [4.78, 5) is 27.3. The molecular formula is C23H21N3O3. The highest BCUT2D eigenvalue weighted by Gasteiger charge is 2.24. The summed E-state index contributed by atoms with van der Waals surface area (Å²) in [5.74, 6) is -0.874. The van der Waals surface area contributed by atoms with E-state index >= 15 is 0 Å². The molecule has 3 aromatic rings. The maximum Gasteiger partial charge on any atom is 0.340 e. The van der Waals surface area contributed by atoms with Crippen LogP contribution in [0.4, 0.5) is 5.69 Å². The molecule has 1 amide bonds. The molecule has 6 heteroatoms. The monoisotopic (exact) mass is 387 g/mol. The normalized spacial score (nSPS) is 10.4. The van der Waals surface area contributed by atoms with E-state index in [1.165, 1.54) is 7.11 Å². The topological polar surface area (TPSA) is 78.7 Å². The van der Waals surface area contributed by atoms with Gasteiger partial charge in [-0.25, -0.2) is 9.64 Å². The Hall–Kier alpha value is -3.85. The van der Waals surface area contributed by atoms with Gasteiger partial charge in [0.2, 0.25) is 5.91 Å². The van der Waals surface area contributed by atoms with Crippen molar-refractivity contribution in [3.63, 3.8) is 0 Å². The number of hydrogen-bond acceptors (Lipinski definition) is 3. The van der Waals surface area contributed by atoms with Crippen molar-refractivity contribution in [3.8, 4) is 11.1 Å². The van der Waals surface area contributed by atoms with E-state index in [1.807, 2.05) is 42.7 Å². The van der Waals surface area contributed by atoms with Gasteiger partial charge in [-0.1, -0.05) is 36.4 Å². The number of primary amides is 1. The van der Waals surface area contributed by atoms with E-state index < -0.39 is 11.9 Å². The Balaban J connectivity index is 2.10. The number of esters is 1. The molecule has 0 aliphatic rings. The largest absolute Gasteiger partial charge is 0.465 e. The zero-order chi connectivity index (χ0) is 21.1. The molecule has 0 saturated heterocycles. The van der Waals surface area contributed by atoms with Gasteiger partial charge >= 0.3 is 5.97 Å². The van der Waals surface area contributed by atoms with E-state index in [1.54, 1.807) is 24.3 Å². The van der Waals surface area contributed by atoms with Crippen molar-refractivity contribution in [2.75, 3.05) is 7.11 Å². The van der Waals surface area contributed by atoms with Crippen LogP contribution in [0.15, 0.2) is 48.5 Å². The van der Waals surface area contributed by atoms with E-state index in [0.717, 1.165) is 28.1 Å². The van der Waals surface area contributed by atoms with Crippen LogP contribution < -0.4 is 5.73 Å². The van der Waals surface area contributed by atoms with Gasteiger partial charge in [-0.05, 0) is 37.1 Å². The van der Waals surface area contributed by atoms with Gasteiger partial charge < -0.3 is 15.0 Å². The second-order valence-electron chi connectivity index (χ2n) is 6.72. The fourth-order valence-electron chi connectivity index (χ4n) is 3.49. The highest BCUT2D eigenvalue weighted by Crippen LogP contribution is 2.34. The summed E-state index contributed by atoms with van der Waals surface area (Å²) in [6.07, 6.45) is 0. The van der Waals surface area contributed by atoms with Gasteiger partial charge in [-0.3, -0.25) is 4.79 Å². The summed E-state index contributed by atoms with van der Waals surface area (Å²) in [5.41, 5.74) is 11.1. The standard InChI is InChI=1S/C23H21N3O3/c1-14-20(17-9-11-19(25-3)12-10-17)21(23(28)29-4)15(2)26(14)13-16-5-7-18(8-6-16)22(24)27/h5-12H,13H2,1-2,4H3,(H2,24,27). The van der Waals surface area contributed by atoms with Crippen LogP contribution in [0.25, 0.3) is 16.0 Å². The number of aromatic nitrogens is 1. The first-order valence-electron chi connectivity index (χ1n) is 9.02. The molecule has 0 radical (unpaired) electrons. The van der Waals surface area contributed by atoms with Gasteiger partial charge in [-0.15, -0.1) is 0 Å². The Morgan fingerprint density at radius 2 is 1.66 bits per heavy atom. The van der Waals surface area contributed by atoms with Crippen molar-refractivity contribution >= 4 is 17.6 Å². The van der Waals surface area contributed by atoms with Crippen molar-refractivity contribution in [2.45, 2.75) is 20.4 Å². The minimum Gasteiger partial charge on any atom is -0.465 e. The third-order valence-electron chi connectivity index (χ3n) is 5.04. The number of amides is 1. The van der Waals surface area contributed by atoms with Crippen LogP contribution in [0.5, 0.6) is 0 Å². The third-order valence-corrected chi connectivity index (χ3v) is 5.04. The number of carbonyl (C=O) groups is 2. The molecule has 0 fully saturated rings. The van der Waals surface area contributed by atoms with Crippen LogP contribution >= 0.6 is 0 Å². The summed E-state index contributed by atoms with van der Waals surface area (Å²) in [7, 11) is 1.36. The summed E-state index contributed by atoms with van der Waals surface area (Å²) >= 11 is 0. The lowest BCUT2D eigenvalue weighted by atomic mass is 10.0. The molecule has 0 spiro atoms. The van der Waals surface area contributed by atoms with E-state index in [9.17, 15) is 9.59 Å². The summed E-state index contributed by atoms with van der Waals surface area (Å²) < 4.78 is 7.08. The van der Waals surface area contributed by atoms with Crippen molar-refractivity contribution in [3.05, 3.63) is 88.0 Å². The maximum atomic E-state index is 12.6. The van der Waals surface area contributed by atoms with Gasteiger partial charge in [0.15, 0.2) is 5.69 Å². The predicted molar refractivity (Wildman–Crippen MR) is 111 cm³/mol. The highest BCUT2D eigenvalue weighted by atomic mass is 16.5. The number of rotatable bonds is 5. The first kappa shape index (κ1) is 19.9. The fraction of sp³-hybridized carbons (Fsp3) is 0.174. The Morgan fingerprint density at radius 3 is 2.17 bits per heavy atom. The molecule has 1 heterocycles. The minimum absolute atomic E-state index is 0.405. The molecule has 0 aliphatic carbocycles. The average molecular weight is 387 g/mol. The number of nitrogens with two attached hydrogens (primary N) is 1. The SMILES string of the molecule is [C-]#[N+]c1ccc(-c2c(C(=O)OC)c(C)n(Cc3ccc(C(N)=O)cc3)c2C)cc1. The number of hydrogen-bond donors (Lipinski definition) is 1. The average Bonchev–Trinajstić information content (AvgIpc) is 2.98. The Kier molecular flexibility index (Phi) is 5.51. The summed E-state index contributed by atoms with van der Waals surface area (Å²) in [6.45, 7) is 11.5. The molecule has 2 N–H and O–H groups in total. The Labute approximate surface area is 169 Å². The first-order valence-corrected chi connectivity index (χ1v) is 9.02. The molecule has 0 atom stereocenters. The minimum atomic E-state index is -0.469. The van der Waals surface area contributed by atoms with Crippen molar-refractivity contribution in [2.24, 2.45) is 5.73 Å². The smallest absolute Gasteiger partial charge is 0.340 e. The molecule has 1 aromatic heterocycles. The zero-order valence-electron chi connectivity index (χ0n) is 16.5. The molecule has 0 saturated carbocycles. The zero-order valence-corrected chi connectivity index (χ0v) is 16.5. The highest BCUT2D eigenvalue weighted by molar-refractivity contribution is 6.00. The second kappa shape index (κ2) is 8.03. The van der Waals surface area contributed by atoms with E-state index in [4.69, 9.17) is 17.0 Å². The predicted octanol–water partition coefficient (Wildman–Crippen LogP) is 4.26. The molecule has 6 nitrogen and oxygen atoms in total. The first-order chi connectivity index (χ1) is 13.9. The maximum absolute atomic E-state index is 12.6. The molecular weight excluding hydrogens is 366 g/mol. The molecule has 0 aliphatic heterocycles. The van der Waals surface area contributed by atoms with E-state index in [-0.39, 0.29) is 0 Å². The Morgan fingerprint density at radius 1 is 1.03 bits per heavy atom. The number of nitrogens with zero attached hydrogens (tertiary/aromatic N) is 2. The van der Waals surface area contributed by atoms with Crippen LogP contribution in [0, 0.1) is 20.4 Å². The second-order valence-corrected chi connectivity index (χ2v) is 6.72. The summed E-state index contributed by atoms with van der Waals surface area (Å²) in [6, 6.07) is 14.2.